The van der Waals surface area contributed by atoms with E-state index in [1.54, 1.807) is 29.8 Å². The van der Waals surface area contributed by atoms with Gasteiger partial charge >= 0.3 is 0 Å². The normalized spacial score (nSPS) is 16.9. The second kappa shape index (κ2) is 25.8. The summed E-state index contributed by atoms with van der Waals surface area (Å²) in [5.41, 5.74) is 8.77. The molecular weight excluding hydrogens is 1030 g/mol. The molecule has 0 unspecified atom stereocenters. The number of carbonyl (C=O) groups is 4. The van der Waals surface area contributed by atoms with Crippen molar-refractivity contribution in [3.05, 3.63) is 121 Å². The van der Waals surface area contributed by atoms with Crippen LogP contribution in [0.1, 0.15) is 107 Å². The van der Waals surface area contributed by atoms with Crippen molar-refractivity contribution in [1.29, 1.82) is 0 Å². The van der Waals surface area contributed by atoms with Crippen molar-refractivity contribution in [3.63, 3.8) is 0 Å². The number of aromatic nitrogens is 5. The second-order valence-electron chi connectivity index (χ2n) is 19.3. The van der Waals surface area contributed by atoms with Crippen LogP contribution in [0.4, 0.5) is 0 Å². The maximum atomic E-state index is 14.1. The Balaban J connectivity index is 0.756. The molecule has 0 spiro atoms. The number of benzene rings is 2. The molecule has 76 heavy (non-hydrogen) atoms. The minimum atomic E-state index is -0.970. The Labute approximate surface area is 454 Å². The predicted molar refractivity (Wildman–Crippen MR) is 289 cm³/mol. The summed E-state index contributed by atoms with van der Waals surface area (Å²) in [7, 11) is 0. The molecule has 1 fully saturated rings. The molecule has 0 saturated carbocycles. The molecule has 6 aromatic rings. The average molecular weight is 1100 g/mol. The molecule has 19 nitrogen and oxygen atoms in total. The van der Waals surface area contributed by atoms with Gasteiger partial charge in [-0.1, -0.05) is 67.0 Å². The molecule has 1 saturated heterocycles. The fourth-order valence-electron chi connectivity index (χ4n) is 9.42. The van der Waals surface area contributed by atoms with Gasteiger partial charge in [-0.3, -0.25) is 28.7 Å². The fraction of sp³-hybridized carbons (Fsp3) is 0.463. The van der Waals surface area contributed by atoms with E-state index >= 15 is 0 Å². The number of aliphatic hydroxyl groups excluding tert-OH is 1. The van der Waals surface area contributed by atoms with Gasteiger partial charge in [0.25, 0.3) is 0 Å². The van der Waals surface area contributed by atoms with E-state index in [9.17, 15) is 24.3 Å². The van der Waals surface area contributed by atoms with E-state index in [0.717, 1.165) is 54.2 Å². The number of aliphatic imine (C=N–C) groups is 1. The topological polar surface area (TPSA) is 238 Å². The summed E-state index contributed by atoms with van der Waals surface area (Å²) in [6, 6.07) is 14.6. The average Bonchev–Trinajstić information content (AvgIpc) is 4.26. The molecule has 0 radical (unpaired) electrons. The summed E-state index contributed by atoms with van der Waals surface area (Å²) >= 11 is 9.42. The van der Waals surface area contributed by atoms with Crippen molar-refractivity contribution < 1.29 is 43.0 Å². The van der Waals surface area contributed by atoms with Crippen LogP contribution in [0, 0.1) is 40.5 Å². The molecule has 2 aliphatic rings. The van der Waals surface area contributed by atoms with E-state index in [0.29, 0.717) is 54.2 Å². The van der Waals surface area contributed by atoms with Crippen LogP contribution in [0.5, 0.6) is 0 Å². The summed E-state index contributed by atoms with van der Waals surface area (Å²) in [5, 5.41) is 34.0. The van der Waals surface area contributed by atoms with Crippen LogP contribution in [-0.2, 0) is 33.4 Å². The predicted octanol–water partition coefficient (Wildman–Crippen LogP) is 6.85. The Morgan fingerprint density at radius 3 is 2.16 bits per heavy atom. The number of thiophene rings is 1. The number of fused-ring (bicyclic) bond motifs is 3. The van der Waals surface area contributed by atoms with Gasteiger partial charge in [-0.25, -0.2) is 4.98 Å². The van der Waals surface area contributed by atoms with Gasteiger partial charge in [0.2, 0.25) is 23.6 Å². The zero-order chi connectivity index (χ0) is 54.0. The summed E-state index contributed by atoms with van der Waals surface area (Å²) < 4.78 is 24.6. The lowest BCUT2D eigenvalue weighted by molar-refractivity contribution is -0.141. The fourth-order valence-corrected chi connectivity index (χ4v) is 11.6. The lowest BCUT2D eigenvalue weighted by Crippen LogP contribution is -2.49. The zero-order valence-corrected chi connectivity index (χ0v) is 46.1. The minimum absolute atomic E-state index is 0.0155. The summed E-state index contributed by atoms with van der Waals surface area (Å²) in [5.74, 6) is -0.479. The molecule has 22 heteroatoms. The number of rotatable bonds is 24. The zero-order valence-electron chi connectivity index (χ0n) is 43.8. The lowest BCUT2D eigenvalue weighted by atomic mass is 9.91. The molecule has 2 aliphatic heterocycles. The smallest absolute Gasteiger partial charge is 0.243 e. The van der Waals surface area contributed by atoms with E-state index in [1.807, 2.05) is 80.8 Å². The van der Waals surface area contributed by atoms with Crippen molar-refractivity contribution in [2.75, 3.05) is 59.3 Å². The molecule has 8 rings (SSSR count). The van der Waals surface area contributed by atoms with Crippen molar-refractivity contribution in [3.8, 4) is 15.4 Å². The number of thiazole rings is 1. The number of β-amino-alcohol motifs (C(OH)–C–C–N with tert-alkyl or cyclic N) is 1. The summed E-state index contributed by atoms with van der Waals surface area (Å²) in [6.45, 7) is 15.8. The number of likely N-dealkylation sites (tertiary alicyclic amines) is 1. The standard InChI is InChI=1S/C54H65ClN10O9S2/c1-30(2)47(44-24-31(3)63-74-44)53(70)64-28-40(66)25-43(64)52(69)60-41(36-8-10-38(11-9-36)50-33(5)58-29-75-50)26-45(67)56-16-18-71-20-22-73-23-21-72-19-17-57-46(68)27-42-51-62-61-35(7)65(51)54-48(32(4)34(6)76-54)49(59-42)37-12-14-39(55)15-13-37/h8-15,24,29-30,40-43,47,66H,16-23,25-28H2,1-7H3,(H,56,67)(H,57,68)(H,60,69)/t40-,41+,42+,43+,47-/m1/s1. The molecule has 4 amide bonds. The quantitative estimate of drug-likeness (QED) is 0.0455. The first-order chi connectivity index (χ1) is 36.6. The van der Waals surface area contributed by atoms with Gasteiger partial charge in [0.1, 0.15) is 34.6 Å². The summed E-state index contributed by atoms with van der Waals surface area (Å²) in [6.07, 6.45) is -0.883. The van der Waals surface area contributed by atoms with E-state index in [2.05, 4.69) is 50.1 Å². The second-order valence-corrected chi connectivity index (χ2v) is 21.8. The number of aryl methyl sites for hydroxylation is 4. The first kappa shape index (κ1) is 56.0. The maximum absolute atomic E-state index is 14.1. The number of aliphatic hydroxyl groups is 1. The Morgan fingerprint density at radius 2 is 1.53 bits per heavy atom. The van der Waals surface area contributed by atoms with Gasteiger partial charge in [0.05, 0.1) is 92.1 Å². The Bertz CT molecular complexity index is 3010. The van der Waals surface area contributed by atoms with Crippen LogP contribution in [0.3, 0.4) is 0 Å². The number of halogens is 1. The Hall–Kier alpha value is -6.20. The van der Waals surface area contributed by atoms with Crippen LogP contribution < -0.4 is 16.0 Å². The van der Waals surface area contributed by atoms with E-state index in [4.69, 9.17) is 35.3 Å². The third kappa shape index (κ3) is 13.5. The molecule has 5 atom stereocenters. The number of amides is 4. The van der Waals surface area contributed by atoms with Gasteiger partial charge in [0.15, 0.2) is 5.82 Å². The van der Waals surface area contributed by atoms with Gasteiger partial charge in [0, 0.05) is 53.1 Å². The highest BCUT2D eigenvalue weighted by Gasteiger charge is 2.44. The van der Waals surface area contributed by atoms with Crippen molar-refractivity contribution >= 4 is 63.6 Å². The molecule has 4 N–H and O–H groups in total. The van der Waals surface area contributed by atoms with Gasteiger partial charge in [-0.2, -0.15) is 0 Å². The van der Waals surface area contributed by atoms with Crippen LogP contribution in [0.15, 0.2) is 69.6 Å². The van der Waals surface area contributed by atoms with Crippen LogP contribution in [-0.4, -0.2) is 136 Å². The molecule has 6 heterocycles. The molecule has 0 bridgehead atoms. The largest absolute Gasteiger partial charge is 0.391 e. The number of hydrogen-bond donors (Lipinski definition) is 4. The number of ether oxygens (including phenoxy) is 3. The van der Waals surface area contributed by atoms with Crippen molar-refractivity contribution in [1.82, 2.24) is 45.8 Å². The highest BCUT2D eigenvalue weighted by molar-refractivity contribution is 7.15. The molecule has 0 aliphatic carbocycles. The molecule has 2 aromatic carbocycles. The Morgan fingerprint density at radius 1 is 0.868 bits per heavy atom. The monoisotopic (exact) mass is 1100 g/mol. The van der Waals surface area contributed by atoms with Crippen molar-refractivity contribution in [2.24, 2.45) is 10.9 Å². The van der Waals surface area contributed by atoms with Gasteiger partial charge < -0.3 is 44.7 Å². The number of nitrogens with one attached hydrogen (secondary N) is 3. The lowest BCUT2D eigenvalue weighted by Gasteiger charge is -2.30. The highest BCUT2D eigenvalue weighted by Crippen LogP contribution is 2.40. The SMILES string of the molecule is Cc1cc([C@H](C(=O)N2C[C@H](O)C[C@H]2C(=O)N[C@@H](CC(=O)NCCOCCOCCOCCNC(=O)C[C@@H]2N=C(c3ccc(Cl)cc3)c3c(sc(C)c3C)-n3c(C)nnc32)c2ccc(-c3scnc3C)cc2)C(C)C)on1. The molecular formula is C54H65ClN10O9S2. The third-order valence-electron chi connectivity index (χ3n) is 13.4. The van der Waals surface area contributed by atoms with E-state index in [1.165, 1.54) is 16.2 Å². The van der Waals surface area contributed by atoms with E-state index < -0.39 is 36.1 Å². The minimum Gasteiger partial charge on any atom is -0.391 e. The van der Waals surface area contributed by atoms with Crippen LogP contribution in [0.25, 0.3) is 15.4 Å². The van der Waals surface area contributed by atoms with Crippen molar-refractivity contribution in [2.45, 2.75) is 97.9 Å². The Kier molecular flexibility index (Phi) is 19.0. The first-order valence-corrected chi connectivity index (χ1v) is 27.5. The number of hydrogen-bond acceptors (Lipinski definition) is 16. The highest BCUT2D eigenvalue weighted by atomic mass is 35.5. The summed E-state index contributed by atoms with van der Waals surface area (Å²) in [4.78, 5) is 68.1. The number of carbonyl (C=O) groups excluding carboxylic acids is 4. The molecule has 4 aromatic heterocycles. The number of nitrogens with zero attached hydrogens (tertiary/aromatic N) is 7. The van der Waals surface area contributed by atoms with Crippen LogP contribution in [0.2, 0.25) is 5.02 Å². The third-order valence-corrected chi connectivity index (χ3v) is 15.8. The molecule has 404 valence electrons. The van der Waals surface area contributed by atoms with Crippen LogP contribution >= 0.6 is 34.3 Å². The van der Waals surface area contributed by atoms with Gasteiger partial charge in [-0.15, -0.1) is 32.9 Å². The maximum Gasteiger partial charge on any atom is 0.243 e. The first-order valence-electron chi connectivity index (χ1n) is 25.4. The van der Waals surface area contributed by atoms with E-state index in [-0.39, 0.29) is 75.8 Å². The van der Waals surface area contributed by atoms with Gasteiger partial charge in [-0.05, 0) is 69.4 Å².